The second kappa shape index (κ2) is 7.73. The van der Waals surface area contributed by atoms with Crippen LogP contribution in [-0.2, 0) is 13.0 Å². The van der Waals surface area contributed by atoms with E-state index in [0.717, 1.165) is 37.4 Å². The molecule has 6 nitrogen and oxygen atoms in total. The molecule has 1 N–H and O–H groups in total. The summed E-state index contributed by atoms with van der Waals surface area (Å²) in [5, 5.41) is 11.7. The van der Waals surface area contributed by atoms with E-state index in [1.54, 1.807) is 7.11 Å². The van der Waals surface area contributed by atoms with Crippen LogP contribution in [0.4, 0.5) is 0 Å². The maximum absolute atomic E-state index is 5.06. The van der Waals surface area contributed by atoms with Crippen LogP contribution in [-0.4, -0.2) is 33.4 Å². The predicted octanol–water partition coefficient (Wildman–Crippen LogP) is 1.98. The molecule has 0 aliphatic heterocycles. The third kappa shape index (κ3) is 4.01. The highest BCUT2D eigenvalue weighted by Crippen LogP contribution is 2.17. The van der Waals surface area contributed by atoms with E-state index in [1.807, 2.05) is 24.5 Å². The Balaban J connectivity index is 2.15. The van der Waals surface area contributed by atoms with E-state index in [-0.39, 0.29) is 6.04 Å². The molecule has 0 aromatic carbocycles. The zero-order valence-corrected chi connectivity index (χ0v) is 12.9. The molecule has 6 heteroatoms. The number of likely N-dealkylation sites (N-methyl/N-ethyl adjacent to an activating group) is 1. The Morgan fingerprint density at radius 2 is 2.14 bits per heavy atom. The van der Waals surface area contributed by atoms with E-state index < -0.39 is 0 Å². The van der Waals surface area contributed by atoms with Gasteiger partial charge in [0.25, 0.3) is 0 Å². The van der Waals surface area contributed by atoms with E-state index in [9.17, 15) is 0 Å². The summed E-state index contributed by atoms with van der Waals surface area (Å²) in [5.41, 5.74) is 0.906. The van der Waals surface area contributed by atoms with Crippen molar-refractivity contribution in [3.05, 3.63) is 36.0 Å². The van der Waals surface area contributed by atoms with Crippen LogP contribution in [0.3, 0.4) is 0 Å². The second-order valence-corrected chi connectivity index (χ2v) is 4.85. The van der Waals surface area contributed by atoms with Gasteiger partial charge in [-0.15, -0.1) is 5.10 Å². The normalized spacial score (nSPS) is 12.3. The van der Waals surface area contributed by atoms with Crippen molar-refractivity contribution in [3.63, 3.8) is 0 Å². The van der Waals surface area contributed by atoms with Crippen LogP contribution in [0.25, 0.3) is 0 Å². The smallest absolute Gasteiger partial charge is 0.233 e. The summed E-state index contributed by atoms with van der Waals surface area (Å²) in [5.74, 6) is 1.60. The molecule has 0 aliphatic rings. The molecule has 0 bridgehead atoms. The zero-order chi connectivity index (χ0) is 15.1. The van der Waals surface area contributed by atoms with Gasteiger partial charge < -0.3 is 14.6 Å². The highest BCUT2D eigenvalue weighted by Gasteiger charge is 2.16. The summed E-state index contributed by atoms with van der Waals surface area (Å²) in [6, 6.07) is 3.89. The lowest BCUT2D eigenvalue weighted by atomic mass is 10.1. The number of nitrogens with one attached hydrogen (secondary N) is 1. The van der Waals surface area contributed by atoms with Crippen molar-refractivity contribution >= 4 is 0 Å². The quantitative estimate of drug-likeness (QED) is 0.805. The largest absolute Gasteiger partial charge is 0.480 e. The number of imidazole rings is 1. The molecule has 0 aliphatic carbocycles. The molecular weight excluding hydrogens is 266 g/mol. The highest BCUT2D eigenvalue weighted by atomic mass is 16.5. The molecule has 21 heavy (non-hydrogen) atoms. The van der Waals surface area contributed by atoms with Gasteiger partial charge in [0.2, 0.25) is 5.88 Å². The van der Waals surface area contributed by atoms with Crippen LogP contribution >= 0.6 is 0 Å². The van der Waals surface area contributed by atoms with Gasteiger partial charge in [-0.25, -0.2) is 4.98 Å². The fourth-order valence-electron chi connectivity index (χ4n) is 2.31. The number of nitrogens with zero attached hydrogens (tertiary/aromatic N) is 4. The summed E-state index contributed by atoms with van der Waals surface area (Å²) < 4.78 is 7.25. The van der Waals surface area contributed by atoms with E-state index in [0.29, 0.717) is 5.88 Å². The van der Waals surface area contributed by atoms with Crippen molar-refractivity contribution < 1.29 is 4.74 Å². The molecule has 114 valence electrons. The topological polar surface area (TPSA) is 64.9 Å². The molecule has 0 amide bonds. The van der Waals surface area contributed by atoms with Crippen LogP contribution in [0.15, 0.2) is 24.5 Å². The number of aryl methyl sites for hydroxylation is 1. The van der Waals surface area contributed by atoms with Gasteiger partial charge in [-0.2, -0.15) is 5.10 Å². The zero-order valence-electron chi connectivity index (χ0n) is 12.9. The average Bonchev–Trinajstić information content (AvgIpc) is 2.94. The van der Waals surface area contributed by atoms with Crippen LogP contribution in [0.1, 0.15) is 37.8 Å². The summed E-state index contributed by atoms with van der Waals surface area (Å²) >= 11 is 0. The first-order valence-corrected chi connectivity index (χ1v) is 7.39. The number of methoxy groups -OCH3 is 1. The molecule has 0 spiro atoms. The van der Waals surface area contributed by atoms with Crippen LogP contribution in [0.5, 0.6) is 5.88 Å². The standard InChI is InChI=1S/C15H23N5O/c1-4-9-20-10-8-17-14(20)11-13(16-5-2)12-6-7-15(21-3)19-18-12/h6-8,10,13,16H,4-5,9,11H2,1-3H3. The van der Waals surface area contributed by atoms with Gasteiger partial charge in [0.15, 0.2) is 0 Å². The molecule has 2 rings (SSSR count). The Morgan fingerprint density at radius 3 is 2.76 bits per heavy atom. The minimum absolute atomic E-state index is 0.103. The van der Waals surface area contributed by atoms with Gasteiger partial charge in [0.1, 0.15) is 5.82 Å². The molecule has 1 atom stereocenters. The lowest BCUT2D eigenvalue weighted by molar-refractivity contribution is 0.388. The lowest BCUT2D eigenvalue weighted by Crippen LogP contribution is -2.25. The Labute approximate surface area is 125 Å². The lowest BCUT2D eigenvalue weighted by Gasteiger charge is -2.17. The van der Waals surface area contributed by atoms with Crippen molar-refractivity contribution in [3.8, 4) is 5.88 Å². The van der Waals surface area contributed by atoms with Crippen molar-refractivity contribution in [2.24, 2.45) is 0 Å². The van der Waals surface area contributed by atoms with Crippen LogP contribution < -0.4 is 10.1 Å². The number of ether oxygens (including phenoxy) is 1. The summed E-state index contributed by atoms with van der Waals surface area (Å²) in [4.78, 5) is 4.47. The van der Waals surface area contributed by atoms with Crippen molar-refractivity contribution in [2.75, 3.05) is 13.7 Å². The van der Waals surface area contributed by atoms with Gasteiger partial charge in [-0.3, -0.25) is 0 Å². The van der Waals surface area contributed by atoms with E-state index in [2.05, 4.69) is 38.9 Å². The molecule has 0 saturated heterocycles. The average molecular weight is 289 g/mol. The highest BCUT2D eigenvalue weighted by molar-refractivity contribution is 5.15. The van der Waals surface area contributed by atoms with Crippen LogP contribution in [0, 0.1) is 0 Å². The minimum atomic E-state index is 0.103. The molecule has 0 fully saturated rings. The van der Waals surface area contributed by atoms with Gasteiger partial charge in [0.05, 0.1) is 18.8 Å². The fraction of sp³-hybridized carbons (Fsp3) is 0.533. The molecule has 2 aromatic heterocycles. The SMILES string of the molecule is CCCn1ccnc1CC(NCC)c1ccc(OC)nn1. The Bertz CT molecular complexity index is 537. The summed E-state index contributed by atoms with van der Waals surface area (Å²) in [7, 11) is 1.59. The molecule has 1 unspecified atom stereocenters. The molecule has 0 saturated carbocycles. The minimum Gasteiger partial charge on any atom is -0.480 e. The third-order valence-electron chi connectivity index (χ3n) is 3.33. The fourth-order valence-corrected chi connectivity index (χ4v) is 2.31. The number of aromatic nitrogens is 4. The number of hydrogen-bond acceptors (Lipinski definition) is 5. The van der Waals surface area contributed by atoms with Gasteiger partial charge in [0, 0.05) is 31.4 Å². The number of hydrogen-bond donors (Lipinski definition) is 1. The van der Waals surface area contributed by atoms with Gasteiger partial charge in [-0.1, -0.05) is 13.8 Å². The molecule has 0 radical (unpaired) electrons. The van der Waals surface area contributed by atoms with E-state index >= 15 is 0 Å². The van der Waals surface area contributed by atoms with E-state index in [4.69, 9.17) is 4.74 Å². The van der Waals surface area contributed by atoms with E-state index in [1.165, 1.54) is 0 Å². The first-order chi connectivity index (χ1) is 10.3. The summed E-state index contributed by atoms with van der Waals surface area (Å²) in [6.07, 6.45) is 5.77. The number of rotatable bonds is 8. The maximum Gasteiger partial charge on any atom is 0.233 e. The Hall–Kier alpha value is -1.95. The van der Waals surface area contributed by atoms with Crippen LogP contribution in [0.2, 0.25) is 0 Å². The summed E-state index contributed by atoms with van der Waals surface area (Å²) in [6.45, 7) is 6.11. The molecule has 2 heterocycles. The molecular formula is C15H23N5O. The third-order valence-corrected chi connectivity index (χ3v) is 3.33. The Kier molecular flexibility index (Phi) is 5.68. The van der Waals surface area contributed by atoms with Crippen molar-refractivity contribution in [1.29, 1.82) is 0 Å². The predicted molar refractivity (Wildman–Crippen MR) is 81.2 cm³/mol. The monoisotopic (exact) mass is 289 g/mol. The van der Waals surface area contributed by atoms with Gasteiger partial charge >= 0.3 is 0 Å². The maximum atomic E-state index is 5.06. The first kappa shape index (κ1) is 15.4. The Morgan fingerprint density at radius 1 is 1.29 bits per heavy atom. The van der Waals surface area contributed by atoms with Gasteiger partial charge in [-0.05, 0) is 19.0 Å². The second-order valence-electron chi connectivity index (χ2n) is 4.85. The molecule has 2 aromatic rings. The van der Waals surface area contributed by atoms with Crippen molar-refractivity contribution in [1.82, 2.24) is 25.1 Å². The van der Waals surface area contributed by atoms with Crippen molar-refractivity contribution in [2.45, 2.75) is 39.3 Å². The first-order valence-electron chi connectivity index (χ1n) is 7.39.